The molecule has 2 aromatic carbocycles. The molecule has 3 aliphatic rings. The van der Waals surface area contributed by atoms with Gasteiger partial charge >= 0.3 is 6.01 Å². The van der Waals surface area contributed by atoms with Crippen LogP contribution in [0.25, 0.3) is 39.0 Å². The van der Waals surface area contributed by atoms with Crippen LogP contribution < -0.4 is 15.0 Å². The zero-order valence-corrected chi connectivity index (χ0v) is 30.2. The van der Waals surface area contributed by atoms with Gasteiger partial charge in [-0.15, -0.1) is 0 Å². The highest BCUT2D eigenvalue weighted by Crippen LogP contribution is 2.36. The first kappa shape index (κ1) is 34.9. The Labute approximate surface area is 312 Å². The third-order valence-corrected chi connectivity index (χ3v) is 10.5. The number of ether oxygens (including phenoxy) is 3. The molecule has 0 aliphatic carbocycles. The Morgan fingerprint density at radius 3 is 2.62 bits per heavy atom. The number of amides is 1. The number of rotatable bonds is 6. The van der Waals surface area contributed by atoms with Crippen molar-refractivity contribution in [3.8, 4) is 23.0 Å². The molecule has 17 heteroatoms. The molecule has 0 radical (unpaired) electrons. The average molecular weight is 755 g/mol. The largest absolute Gasteiger partial charge is 0.463 e. The number of nitrogens with zero attached hydrogens (tertiary/aromatic N) is 9. The molecule has 1 amide bonds. The summed E-state index contributed by atoms with van der Waals surface area (Å²) in [6, 6.07) is 10.6. The van der Waals surface area contributed by atoms with Crippen molar-refractivity contribution in [1.29, 1.82) is 0 Å². The van der Waals surface area contributed by atoms with E-state index in [9.17, 15) is 9.18 Å². The summed E-state index contributed by atoms with van der Waals surface area (Å²) >= 11 is 0. The number of hydrogen-bond donors (Lipinski definition) is 1. The molecule has 2 saturated heterocycles. The van der Waals surface area contributed by atoms with Gasteiger partial charge in [0.1, 0.15) is 40.8 Å². The van der Waals surface area contributed by atoms with Crippen molar-refractivity contribution in [2.24, 2.45) is 5.92 Å². The predicted molar refractivity (Wildman–Crippen MR) is 196 cm³/mol. The summed E-state index contributed by atoms with van der Waals surface area (Å²) in [7, 11) is 3.32. The van der Waals surface area contributed by atoms with Gasteiger partial charge < -0.3 is 33.9 Å². The van der Waals surface area contributed by atoms with Crippen LogP contribution in [0.5, 0.6) is 6.01 Å². The maximum Gasteiger partial charge on any atom is 0.320 e. The van der Waals surface area contributed by atoms with Gasteiger partial charge in [0.05, 0.1) is 60.8 Å². The highest BCUT2D eigenvalue weighted by molar-refractivity contribution is 5.94. The van der Waals surface area contributed by atoms with E-state index in [0.717, 1.165) is 17.6 Å². The van der Waals surface area contributed by atoms with Crippen LogP contribution in [0, 0.1) is 30.3 Å². The molecular weight excluding hydrogens is 717 g/mol. The van der Waals surface area contributed by atoms with E-state index < -0.39 is 29.6 Å². The number of carbonyl (C=O) groups is 1. The minimum atomic E-state index is -0.827. The van der Waals surface area contributed by atoms with E-state index in [0.29, 0.717) is 72.3 Å². The SMILES string of the molecule is CO[C@H]1CN(C)C(=O)[C@@H]2C[C@@H](CN2c2nc(OCC3COC3)nc3c2cnn3-c2ccc(F)cc2F)Nc2cccc(n2)-c2cc(F)cc3nc(C)n(c23)C1. The van der Waals surface area contributed by atoms with Crippen LogP contribution in [0.15, 0.2) is 54.7 Å². The van der Waals surface area contributed by atoms with Gasteiger partial charge in [0.25, 0.3) is 0 Å². The summed E-state index contributed by atoms with van der Waals surface area (Å²) in [5.74, 6) is -0.456. The Morgan fingerprint density at radius 1 is 0.982 bits per heavy atom. The number of hydrogen-bond acceptors (Lipinski definition) is 11. The standard InChI is InChI=1S/C38H37F3N10O4/c1-20-43-30-11-23(40)9-26-29-5-4-6-33(45-29)44-24-12-32(37(52)48(2)15-25(53-3)16-49(20)34(26)30)50(14-24)35-27-13-42-51(31-8-7-22(39)10-28(31)41)36(27)47-38(46-35)55-19-21-17-54-18-21/h4-11,13,21,24-25,32H,12,14-19H2,1-3H3,(H,44,45)/t24-,25-,32-/m0/s1. The number of benzene rings is 2. The highest BCUT2D eigenvalue weighted by Gasteiger charge is 2.41. The van der Waals surface area contributed by atoms with Crippen LogP contribution in [-0.2, 0) is 20.8 Å². The number of fused-ring (bicyclic) bond motifs is 6. The van der Waals surface area contributed by atoms with Crippen LogP contribution in [0.2, 0.25) is 0 Å². The Hall–Kier alpha value is -5.81. The molecule has 9 rings (SSSR count). The Balaban J connectivity index is 1.15. The molecule has 14 nitrogen and oxygen atoms in total. The number of pyridine rings is 1. The molecule has 0 spiro atoms. The third kappa shape index (κ3) is 6.36. The lowest BCUT2D eigenvalue weighted by Gasteiger charge is -2.31. The summed E-state index contributed by atoms with van der Waals surface area (Å²) in [5.41, 5.74) is 2.55. The van der Waals surface area contributed by atoms with Gasteiger partial charge in [0.15, 0.2) is 11.5 Å². The van der Waals surface area contributed by atoms with Crippen LogP contribution >= 0.6 is 0 Å². The Bertz CT molecular complexity index is 2450. The molecule has 55 heavy (non-hydrogen) atoms. The number of aromatic nitrogens is 7. The average Bonchev–Trinajstić information content (AvgIpc) is 3.84. The minimum absolute atomic E-state index is 0.0125. The number of carbonyl (C=O) groups excluding carboxylic acids is 1. The molecule has 3 aliphatic heterocycles. The second kappa shape index (κ2) is 13.8. The lowest BCUT2D eigenvalue weighted by Crippen LogP contribution is -2.47. The van der Waals surface area contributed by atoms with E-state index in [1.165, 1.54) is 29.1 Å². The second-order valence-corrected chi connectivity index (χ2v) is 14.3. The number of aryl methyl sites for hydroxylation is 1. The first-order valence-corrected chi connectivity index (χ1v) is 18.0. The van der Waals surface area contributed by atoms with Gasteiger partial charge in [-0.25, -0.2) is 27.8 Å². The maximum absolute atomic E-state index is 15.2. The van der Waals surface area contributed by atoms with Crippen molar-refractivity contribution in [2.45, 2.75) is 38.1 Å². The smallest absolute Gasteiger partial charge is 0.320 e. The fourth-order valence-electron chi connectivity index (χ4n) is 7.67. The highest BCUT2D eigenvalue weighted by atomic mass is 19.1. The predicted octanol–water partition coefficient (Wildman–Crippen LogP) is 4.52. The zero-order chi connectivity index (χ0) is 38.0. The van der Waals surface area contributed by atoms with Crippen molar-refractivity contribution >= 4 is 39.6 Å². The molecule has 0 unspecified atom stereocenters. The van der Waals surface area contributed by atoms with E-state index in [2.05, 4.69) is 20.4 Å². The Kier molecular flexibility index (Phi) is 8.76. The summed E-state index contributed by atoms with van der Waals surface area (Å²) in [6.07, 6.45) is 1.41. The van der Waals surface area contributed by atoms with Gasteiger partial charge in [-0.3, -0.25) is 4.79 Å². The topological polar surface area (TPSA) is 138 Å². The zero-order valence-electron chi connectivity index (χ0n) is 30.2. The first-order chi connectivity index (χ1) is 26.6. The normalized spacial score (nSPS) is 20.4. The van der Waals surface area contributed by atoms with Crippen LogP contribution in [-0.4, -0.2) is 110 Å². The summed E-state index contributed by atoms with van der Waals surface area (Å²) in [4.78, 5) is 37.2. The molecule has 2 fully saturated rings. The maximum atomic E-state index is 15.2. The van der Waals surface area contributed by atoms with Crippen LogP contribution in [0.3, 0.4) is 0 Å². The van der Waals surface area contributed by atoms with E-state index in [4.69, 9.17) is 24.2 Å². The quantitative estimate of drug-likeness (QED) is 0.257. The molecule has 1 N–H and O–H groups in total. The molecule has 6 aromatic rings. The third-order valence-electron chi connectivity index (χ3n) is 10.5. The number of nitrogens with one attached hydrogen (secondary N) is 1. The summed E-state index contributed by atoms with van der Waals surface area (Å²) in [6.45, 7) is 4.10. The first-order valence-electron chi connectivity index (χ1n) is 18.0. The lowest BCUT2D eigenvalue weighted by atomic mass is 10.1. The van der Waals surface area contributed by atoms with E-state index in [-0.39, 0.29) is 48.4 Å². The minimum Gasteiger partial charge on any atom is -0.463 e. The van der Waals surface area contributed by atoms with E-state index in [1.54, 1.807) is 19.1 Å². The number of imidazole rings is 1. The second-order valence-electron chi connectivity index (χ2n) is 14.3. The van der Waals surface area contributed by atoms with Gasteiger partial charge in [0.2, 0.25) is 5.91 Å². The van der Waals surface area contributed by atoms with Crippen LogP contribution in [0.1, 0.15) is 12.2 Å². The fraction of sp³-hybridized carbons (Fsp3) is 0.368. The molecule has 4 bridgehead atoms. The molecule has 3 atom stereocenters. The molecule has 0 saturated carbocycles. The van der Waals surface area contributed by atoms with Gasteiger partial charge in [-0.05, 0) is 43.7 Å². The van der Waals surface area contributed by atoms with Gasteiger partial charge in [-0.1, -0.05) is 6.07 Å². The van der Waals surface area contributed by atoms with Gasteiger partial charge in [-0.2, -0.15) is 15.1 Å². The van der Waals surface area contributed by atoms with Crippen molar-refractivity contribution in [3.05, 3.63) is 78.0 Å². The monoisotopic (exact) mass is 754 g/mol. The number of halogens is 3. The molecule has 284 valence electrons. The fourth-order valence-corrected chi connectivity index (χ4v) is 7.67. The van der Waals surface area contributed by atoms with Crippen molar-refractivity contribution in [3.63, 3.8) is 0 Å². The Morgan fingerprint density at radius 2 is 1.84 bits per heavy atom. The lowest BCUT2D eigenvalue weighted by molar-refractivity contribution is -0.132. The van der Waals surface area contributed by atoms with E-state index in [1.807, 2.05) is 34.6 Å². The van der Waals surface area contributed by atoms with Crippen molar-refractivity contribution < 1.29 is 32.2 Å². The molecular formula is C38H37F3N10O4. The molecule has 4 aromatic heterocycles. The van der Waals surface area contributed by atoms with Gasteiger partial charge in [0, 0.05) is 56.9 Å². The molecule has 7 heterocycles. The van der Waals surface area contributed by atoms with Crippen LogP contribution in [0.4, 0.5) is 24.8 Å². The number of methoxy groups -OCH3 is 1. The van der Waals surface area contributed by atoms with Crippen molar-refractivity contribution in [1.82, 2.24) is 39.2 Å². The number of likely N-dealkylation sites (N-methyl/N-ethyl adjacent to an activating group) is 1. The number of anilines is 2. The summed E-state index contributed by atoms with van der Waals surface area (Å²) in [5, 5.41) is 8.40. The summed E-state index contributed by atoms with van der Waals surface area (Å²) < 4.78 is 64.7. The van der Waals surface area contributed by atoms with E-state index >= 15 is 8.78 Å². The van der Waals surface area contributed by atoms with Crippen molar-refractivity contribution in [2.75, 3.05) is 57.3 Å².